The van der Waals surface area contributed by atoms with Crippen molar-refractivity contribution in [1.82, 2.24) is 14.7 Å². The molecule has 0 unspecified atom stereocenters. The molecule has 1 heterocycles. The van der Waals surface area contributed by atoms with E-state index in [0.29, 0.717) is 11.6 Å². The second-order valence-electron chi connectivity index (χ2n) is 3.55. The van der Waals surface area contributed by atoms with Gasteiger partial charge in [0.05, 0.1) is 11.8 Å². The molecule has 0 atom stereocenters. The van der Waals surface area contributed by atoms with Crippen molar-refractivity contribution >= 4 is 5.91 Å². The molecule has 4 heteroatoms. The Morgan fingerprint density at radius 1 is 1.69 bits per heavy atom. The molecule has 0 aliphatic heterocycles. The van der Waals surface area contributed by atoms with Crippen molar-refractivity contribution in [1.29, 1.82) is 0 Å². The van der Waals surface area contributed by atoms with Crippen LogP contribution in [0.4, 0.5) is 0 Å². The van der Waals surface area contributed by atoms with E-state index in [-0.39, 0.29) is 5.91 Å². The zero-order valence-electron chi connectivity index (χ0n) is 7.90. The number of hydrogen-bond donors (Lipinski definition) is 0. The summed E-state index contributed by atoms with van der Waals surface area (Å²) in [6, 6.07) is 0.465. The van der Waals surface area contributed by atoms with Gasteiger partial charge in [0.2, 0.25) is 0 Å². The topological polar surface area (TPSA) is 38.1 Å². The lowest BCUT2D eigenvalue weighted by atomic mass is 10.3. The van der Waals surface area contributed by atoms with Crippen LogP contribution >= 0.6 is 0 Å². The minimum Gasteiger partial charge on any atom is -0.339 e. The van der Waals surface area contributed by atoms with Crippen LogP contribution in [0, 0.1) is 0 Å². The normalized spacial score (nSPS) is 15.8. The fraction of sp³-hybridized carbons (Fsp3) is 0.556. The van der Waals surface area contributed by atoms with Gasteiger partial charge < -0.3 is 4.90 Å². The second-order valence-corrected chi connectivity index (χ2v) is 3.55. The van der Waals surface area contributed by atoms with Crippen LogP contribution in [0.3, 0.4) is 0 Å². The van der Waals surface area contributed by atoms with Crippen LogP contribution in [0.15, 0.2) is 12.4 Å². The van der Waals surface area contributed by atoms with E-state index in [1.807, 2.05) is 14.1 Å². The van der Waals surface area contributed by atoms with Crippen molar-refractivity contribution in [2.45, 2.75) is 18.9 Å². The Kier molecular flexibility index (Phi) is 1.83. The zero-order chi connectivity index (χ0) is 9.42. The van der Waals surface area contributed by atoms with E-state index >= 15 is 0 Å². The summed E-state index contributed by atoms with van der Waals surface area (Å²) in [6.07, 6.45) is 5.65. The largest absolute Gasteiger partial charge is 0.339 e. The van der Waals surface area contributed by atoms with Gasteiger partial charge in [-0.15, -0.1) is 0 Å². The van der Waals surface area contributed by atoms with Crippen molar-refractivity contribution in [3.63, 3.8) is 0 Å². The van der Waals surface area contributed by atoms with Gasteiger partial charge in [-0.25, -0.2) is 0 Å². The molecule has 0 radical (unpaired) electrons. The molecule has 1 aromatic heterocycles. The highest BCUT2D eigenvalue weighted by molar-refractivity contribution is 5.93. The number of amides is 1. The second kappa shape index (κ2) is 2.87. The summed E-state index contributed by atoms with van der Waals surface area (Å²) >= 11 is 0. The van der Waals surface area contributed by atoms with E-state index < -0.39 is 0 Å². The van der Waals surface area contributed by atoms with Gasteiger partial charge in [-0.3, -0.25) is 9.48 Å². The zero-order valence-corrected chi connectivity index (χ0v) is 7.90. The highest BCUT2D eigenvalue weighted by Gasteiger charge is 2.30. The van der Waals surface area contributed by atoms with Gasteiger partial charge in [0.25, 0.3) is 5.91 Å². The van der Waals surface area contributed by atoms with Crippen LogP contribution in [0.1, 0.15) is 23.2 Å². The number of carbonyl (C=O) groups is 1. The van der Waals surface area contributed by atoms with Gasteiger partial charge in [-0.05, 0) is 12.8 Å². The quantitative estimate of drug-likeness (QED) is 0.668. The number of hydrogen-bond acceptors (Lipinski definition) is 2. The first kappa shape index (κ1) is 8.29. The third kappa shape index (κ3) is 1.56. The first-order chi connectivity index (χ1) is 6.18. The molecule has 0 aromatic carbocycles. The van der Waals surface area contributed by atoms with E-state index in [2.05, 4.69) is 5.10 Å². The van der Waals surface area contributed by atoms with Gasteiger partial charge >= 0.3 is 0 Å². The summed E-state index contributed by atoms with van der Waals surface area (Å²) < 4.78 is 1.65. The van der Waals surface area contributed by atoms with E-state index in [4.69, 9.17) is 0 Å². The Morgan fingerprint density at radius 2 is 2.38 bits per heavy atom. The van der Waals surface area contributed by atoms with Gasteiger partial charge in [0, 0.05) is 26.3 Å². The Balaban J connectivity index is 2.11. The first-order valence-electron chi connectivity index (χ1n) is 4.44. The lowest BCUT2D eigenvalue weighted by molar-refractivity contribution is 0.0785. The van der Waals surface area contributed by atoms with Gasteiger partial charge in [-0.1, -0.05) is 0 Å². The molecule has 1 aliphatic carbocycles. The predicted octanol–water partition coefficient (Wildman–Crippen LogP) is 0.654. The maximum absolute atomic E-state index is 11.7. The van der Waals surface area contributed by atoms with Gasteiger partial charge in [-0.2, -0.15) is 5.10 Å². The molecule has 13 heavy (non-hydrogen) atoms. The molecule has 0 saturated heterocycles. The van der Waals surface area contributed by atoms with Crippen LogP contribution in [0.5, 0.6) is 0 Å². The monoisotopic (exact) mass is 179 g/mol. The third-order valence-electron chi connectivity index (χ3n) is 2.37. The maximum Gasteiger partial charge on any atom is 0.257 e. The minimum atomic E-state index is 0.0793. The first-order valence-corrected chi connectivity index (χ1v) is 4.44. The smallest absolute Gasteiger partial charge is 0.257 e. The molecule has 0 spiro atoms. The van der Waals surface area contributed by atoms with Crippen molar-refractivity contribution in [2.24, 2.45) is 7.05 Å². The molecule has 1 aromatic rings. The van der Waals surface area contributed by atoms with E-state index in [1.54, 1.807) is 22.0 Å². The summed E-state index contributed by atoms with van der Waals surface area (Å²) in [6.45, 7) is 0. The molecule has 0 bridgehead atoms. The Bertz CT molecular complexity index is 327. The Hall–Kier alpha value is -1.32. The molecule has 2 rings (SSSR count). The molecule has 1 aliphatic rings. The molecule has 0 N–H and O–H groups in total. The van der Waals surface area contributed by atoms with Crippen molar-refractivity contribution in [2.75, 3.05) is 7.05 Å². The molecule has 70 valence electrons. The summed E-state index contributed by atoms with van der Waals surface area (Å²) in [5, 5.41) is 3.97. The van der Waals surface area contributed by atoms with Crippen LogP contribution in [-0.4, -0.2) is 33.7 Å². The third-order valence-corrected chi connectivity index (χ3v) is 2.37. The van der Waals surface area contributed by atoms with E-state index in [0.717, 1.165) is 12.8 Å². The lowest BCUT2D eigenvalue weighted by Crippen LogP contribution is -2.28. The Labute approximate surface area is 77.1 Å². The summed E-state index contributed by atoms with van der Waals surface area (Å²) in [4.78, 5) is 13.5. The van der Waals surface area contributed by atoms with Crippen LogP contribution in [0.25, 0.3) is 0 Å². The summed E-state index contributed by atoms with van der Waals surface area (Å²) in [5.74, 6) is 0.0793. The average molecular weight is 179 g/mol. The van der Waals surface area contributed by atoms with Crippen molar-refractivity contribution in [3.8, 4) is 0 Å². The van der Waals surface area contributed by atoms with E-state index in [1.165, 1.54) is 0 Å². The lowest BCUT2D eigenvalue weighted by Gasteiger charge is -2.14. The van der Waals surface area contributed by atoms with Crippen molar-refractivity contribution in [3.05, 3.63) is 18.0 Å². The molecular weight excluding hydrogens is 166 g/mol. The fourth-order valence-corrected chi connectivity index (χ4v) is 1.36. The molecule has 1 saturated carbocycles. The summed E-state index contributed by atoms with van der Waals surface area (Å²) in [5.41, 5.74) is 0.678. The highest BCUT2D eigenvalue weighted by atomic mass is 16.2. The number of nitrogens with zero attached hydrogens (tertiary/aromatic N) is 3. The maximum atomic E-state index is 11.7. The molecular formula is C9H13N3O. The number of rotatable bonds is 2. The van der Waals surface area contributed by atoms with Crippen LogP contribution in [0.2, 0.25) is 0 Å². The molecule has 1 fully saturated rings. The highest BCUT2D eigenvalue weighted by Crippen LogP contribution is 2.26. The molecule has 1 amide bonds. The van der Waals surface area contributed by atoms with Crippen LogP contribution in [-0.2, 0) is 7.05 Å². The average Bonchev–Trinajstić information content (AvgIpc) is 2.87. The fourth-order valence-electron chi connectivity index (χ4n) is 1.36. The van der Waals surface area contributed by atoms with Crippen molar-refractivity contribution < 1.29 is 4.79 Å². The standard InChI is InChI=1S/C9H13N3O/c1-11-6-7(5-10-11)9(13)12(2)8-3-4-8/h5-6,8H,3-4H2,1-2H3. The number of carbonyl (C=O) groups excluding carboxylic acids is 1. The molecule has 4 nitrogen and oxygen atoms in total. The SMILES string of the molecule is CN(C(=O)c1cnn(C)c1)C1CC1. The van der Waals surface area contributed by atoms with Crippen LogP contribution < -0.4 is 0 Å². The number of aromatic nitrogens is 2. The van der Waals surface area contributed by atoms with Gasteiger partial charge in [0.15, 0.2) is 0 Å². The summed E-state index contributed by atoms with van der Waals surface area (Å²) in [7, 11) is 3.67. The Morgan fingerprint density at radius 3 is 2.85 bits per heavy atom. The predicted molar refractivity (Wildman–Crippen MR) is 48.3 cm³/mol. The minimum absolute atomic E-state index is 0.0793. The van der Waals surface area contributed by atoms with Gasteiger partial charge in [0.1, 0.15) is 0 Å². The van der Waals surface area contributed by atoms with E-state index in [9.17, 15) is 4.79 Å². The number of aryl methyl sites for hydroxylation is 1.